The molecule has 7 rings (SSSR count). The molecule has 0 amide bonds. The minimum atomic E-state index is -2.30. The van der Waals surface area contributed by atoms with Crippen LogP contribution >= 0.6 is 8.60 Å². The van der Waals surface area contributed by atoms with Gasteiger partial charge in [-0.15, -0.1) is 0 Å². The number of nitrogens with zero attached hydrogens (tertiary/aromatic N) is 3. The number of hydrogen-bond donors (Lipinski definition) is 2. The first-order valence-electron chi connectivity index (χ1n) is 20.0. The summed E-state index contributed by atoms with van der Waals surface area (Å²) in [4.78, 5) is 67.1. The van der Waals surface area contributed by atoms with Crippen molar-refractivity contribution in [2.45, 2.75) is 82.5 Å². The topological polar surface area (TPSA) is 215 Å². The quantitative estimate of drug-likeness (QED) is 0.0558. The molecule has 2 aromatic heterocycles. The predicted molar refractivity (Wildman–Crippen MR) is 224 cm³/mol. The van der Waals surface area contributed by atoms with Gasteiger partial charge in [-0.2, -0.15) is 5.26 Å². The number of ether oxygens (including phenoxy) is 4. The second-order valence-corrected chi connectivity index (χ2v) is 16.0. The molecule has 0 radical (unpaired) electrons. The Balaban J connectivity index is 1.20. The van der Waals surface area contributed by atoms with Gasteiger partial charge in [-0.1, -0.05) is 91.0 Å². The Morgan fingerprint density at radius 3 is 1.68 bits per heavy atom. The summed E-state index contributed by atoms with van der Waals surface area (Å²) in [6.45, 7) is 4.00. The lowest BCUT2D eigenvalue weighted by molar-refractivity contribution is -0.150. The first-order chi connectivity index (χ1) is 30.0. The van der Waals surface area contributed by atoms with Gasteiger partial charge in [-0.3, -0.25) is 33.5 Å². The number of aromatic amines is 2. The highest BCUT2D eigenvalue weighted by molar-refractivity contribution is 7.41. The number of hydrogen-bond acceptors (Lipinski definition) is 13. The van der Waals surface area contributed by atoms with Crippen molar-refractivity contribution in [3.63, 3.8) is 0 Å². The third-order valence-electron chi connectivity index (χ3n) is 10.6. The molecule has 0 spiro atoms. The van der Waals surface area contributed by atoms with Crippen LogP contribution in [-0.4, -0.2) is 69.3 Å². The molecule has 5 aromatic rings. The molecule has 0 saturated carbocycles. The van der Waals surface area contributed by atoms with Crippen LogP contribution in [0.2, 0.25) is 0 Å². The largest absolute Gasteiger partial charge is 0.460 e. The average molecular weight is 868 g/mol. The molecule has 0 aliphatic carbocycles. The van der Waals surface area contributed by atoms with Gasteiger partial charge in [0.05, 0.1) is 38.4 Å². The van der Waals surface area contributed by atoms with E-state index in [1.807, 2.05) is 97.1 Å². The Kier molecular flexibility index (Phi) is 14.2. The van der Waals surface area contributed by atoms with Crippen molar-refractivity contribution in [2.24, 2.45) is 0 Å². The normalized spacial score (nSPS) is 21.6. The van der Waals surface area contributed by atoms with Gasteiger partial charge < -0.3 is 32.5 Å². The van der Waals surface area contributed by atoms with Gasteiger partial charge >= 0.3 is 26.0 Å². The maximum atomic E-state index is 13.2. The fourth-order valence-electron chi connectivity index (χ4n) is 7.58. The lowest BCUT2D eigenvalue weighted by atomic mass is 9.80. The number of nitriles is 1. The smallest absolute Gasteiger partial charge is 0.333 e. The molecule has 2 aliphatic heterocycles. The number of carbonyl (C=O) groups is 1. The Morgan fingerprint density at radius 1 is 0.742 bits per heavy atom. The predicted octanol–water partition coefficient (Wildman–Crippen LogP) is 4.78. The highest BCUT2D eigenvalue weighted by atomic mass is 31.2. The van der Waals surface area contributed by atoms with Crippen LogP contribution in [0.15, 0.2) is 123 Å². The van der Waals surface area contributed by atoms with Crippen molar-refractivity contribution in [1.29, 1.82) is 5.26 Å². The molecule has 324 valence electrons. The number of nitrogens with one attached hydrogen (secondary N) is 2. The highest BCUT2D eigenvalue weighted by Crippen LogP contribution is 2.48. The van der Waals surface area contributed by atoms with Crippen LogP contribution < -0.4 is 22.5 Å². The molecule has 17 nitrogen and oxygen atoms in total. The van der Waals surface area contributed by atoms with Gasteiger partial charge in [-0.05, 0) is 30.5 Å². The average Bonchev–Trinajstić information content (AvgIpc) is 3.86. The summed E-state index contributed by atoms with van der Waals surface area (Å²) >= 11 is 0. The van der Waals surface area contributed by atoms with E-state index in [9.17, 15) is 29.2 Å². The fraction of sp³-hybridized carbons (Fsp3) is 0.364. The van der Waals surface area contributed by atoms with Crippen LogP contribution in [0.3, 0.4) is 0 Å². The molecule has 2 saturated heterocycles. The van der Waals surface area contributed by atoms with Gasteiger partial charge in [0.1, 0.15) is 36.4 Å². The SMILES string of the molecule is CC(=O)O[C@H]1C[C@H](n2cc(C)c(=O)[nH]c2=O)O[C@@H]1COP(OCCC#N)O[C@@H]1C[C@H](n2cc(C)c(=O)[nH]c2=O)O[C@@H]1COC(c1ccccc1)(c1ccccc1)c1ccccc1. The van der Waals surface area contributed by atoms with E-state index in [0.29, 0.717) is 5.56 Å². The van der Waals surface area contributed by atoms with Crippen LogP contribution in [-0.2, 0) is 42.9 Å². The zero-order valence-corrected chi connectivity index (χ0v) is 35.1. The van der Waals surface area contributed by atoms with Gasteiger partial charge in [-0.25, -0.2) is 9.59 Å². The molecular weight excluding hydrogens is 821 g/mol. The summed E-state index contributed by atoms with van der Waals surface area (Å²) in [6.07, 6.45) is -2.34. The van der Waals surface area contributed by atoms with Gasteiger partial charge in [0, 0.05) is 43.3 Å². The minimum absolute atomic E-state index is 0.00817. The Hall–Kier alpha value is -5.83. The highest BCUT2D eigenvalue weighted by Gasteiger charge is 2.45. The van der Waals surface area contributed by atoms with E-state index in [-0.39, 0.29) is 44.6 Å². The molecule has 2 N–H and O–H groups in total. The number of esters is 1. The van der Waals surface area contributed by atoms with Crippen LogP contribution in [0.5, 0.6) is 0 Å². The van der Waals surface area contributed by atoms with Crippen LogP contribution in [0.25, 0.3) is 0 Å². The van der Waals surface area contributed by atoms with Crippen molar-refractivity contribution in [3.05, 3.63) is 173 Å². The van der Waals surface area contributed by atoms with Crippen LogP contribution in [0.4, 0.5) is 0 Å². The van der Waals surface area contributed by atoms with Gasteiger partial charge in [0.15, 0.2) is 0 Å². The molecule has 18 heteroatoms. The minimum Gasteiger partial charge on any atom is -0.460 e. The molecule has 2 aliphatic rings. The monoisotopic (exact) mass is 867 g/mol. The zero-order valence-electron chi connectivity index (χ0n) is 34.2. The molecule has 4 heterocycles. The standard InChI is InChI=1S/C44H46N5O12P/c1-28-24-48(42(53)46-40(28)51)38-22-34(58-30(3)50)37(60-38)27-57-62(56-21-13-20-45)61-35-23-39(49-25-29(2)41(52)47-43(49)54)59-36(35)26-55-44(31-14-7-4-8-15-31,32-16-9-5-10-17-32)33-18-11-6-12-19-33/h4-12,14-19,24-25,34-39H,13,21-23,26-27H2,1-3H3,(H,46,51,53)(H,47,52,54)/t34-,35+,36+,37+,38+,39+,62?/m0/s1. The summed E-state index contributed by atoms with van der Waals surface area (Å²) in [5.74, 6) is -0.583. The van der Waals surface area contributed by atoms with Gasteiger partial charge in [0.2, 0.25) is 0 Å². The molecule has 3 aromatic carbocycles. The van der Waals surface area contributed by atoms with E-state index in [2.05, 4.69) is 9.97 Å². The van der Waals surface area contributed by atoms with Crippen LogP contribution in [0, 0.1) is 25.2 Å². The van der Waals surface area contributed by atoms with E-state index in [4.69, 9.17) is 32.5 Å². The Bertz CT molecular complexity index is 2500. The zero-order chi connectivity index (χ0) is 43.8. The number of carbonyl (C=O) groups excluding carboxylic acids is 1. The number of aryl methyl sites for hydroxylation is 2. The second-order valence-electron chi connectivity index (χ2n) is 14.8. The van der Waals surface area contributed by atoms with Crippen molar-refractivity contribution < 1.29 is 37.3 Å². The molecule has 7 atom stereocenters. The van der Waals surface area contributed by atoms with Crippen molar-refractivity contribution >= 4 is 14.6 Å². The van der Waals surface area contributed by atoms with E-state index < -0.39 is 79.5 Å². The Labute approximate surface area is 356 Å². The lowest BCUT2D eigenvalue weighted by Gasteiger charge is -2.37. The molecular formula is C44H46N5O12P. The van der Waals surface area contributed by atoms with Gasteiger partial charge in [0.25, 0.3) is 11.1 Å². The molecule has 2 fully saturated rings. The number of H-pyrrole nitrogens is 2. The molecule has 0 bridgehead atoms. The number of rotatable bonds is 17. The third-order valence-corrected chi connectivity index (χ3v) is 11.8. The van der Waals surface area contributed by atoms with E-state index in [1.54, 1.807) is 13.8 Å². The first kappa shape index (κ1) is 44.2. The summed E-state index contributed by atoms with van der Waals surface area (Å²) in [5, 5.41) is 9.36. The van der Waals surface area contributed by atoms with E-state index >= 15 is 0 Å². The van der Waals surface area contributed by atoms with Crippen molar-refractivity contribution in [3.8, 4) is 6.07 Å². The summed E-state index contributed by atoms with van der Waals surface area (Å²) in [5.41, 5.74) is -0.462. The van der Waals surface area contributed by atoms with Crippen molar-refractivity contribution in [1.82, 2.24) is 19.1 Å². The molecule has 1 unspecified atom stereocenters. The maximum Gasteiger partial charge on any atom is 0.333 e. The summed E-state index contributed by atoms with van der Waals surface area (Å²) in [7, 11) is -2.30. The van der Waals surface area contributed by atoms with E-state index in [1.165, 1.54) is 28.5 Å². The van der Waals surface area contributed by atoms with Crippen molar-refractivity contribution in [2.75, 3.05) is 19.8 Å². The number of benzene rings is 3. The maximum absolute atomic E-state index is 13.2. The Morgan fingerprint density at radius 2 is 1.21 bits per heavy atom. The van der Waals surface area contributed by atoms with Crippen LogP contribution in [0.1, 0.15) is 66.5 Å². The van der Waals surface area contributed by atoms with E-state index in [0.717, 1.165) is 16.7 Å². The summed E-state index contributed by atoms with van der Waals surface area (Å²) in [6, 6.07) is 31.3. The lowest BCUT2D eigenvalue weighted by Crippen LogP contribution is -2.38. The second kappa shape index (κ2) is 19.9. The number of aromatic nitrogens is 4. The summed E-state index contributed by atoms with van der Waals surface area (Å²) < 4.78 is 46.8. The third kappa shape index (κ3) is 9.93. The fourth-order valence-corrected chi connectivity index (χ4v) is 8.72. The molecule has 62 heavy (non-hydrogen) atoms. The first-order valence-corrected chi connectivity index (χ1v) is 21.1.